The summed E-state index contributed by atoms with van der Waals surface area (Å²) in [5.41, 5.74) is 7.96. The van der Waals surface area contributed by atoms with Gasteiger partial charge in [0, 0.05) is 0 Å². The summed E-state index contributed by atoms with van der Waals surface area (Å²) in [4.78, 5) is 0. The minimum Gasteiger partial charge on any atom is -0.394 e. The molecule has 8 N–H and O–H groups in total. The Labute approximate surface area is 302 Å². The Bertz CT molecular complexity index is 1190. The van der Waals surface area contributed by atoms with E-state index in [1.807, 2.05) is 0 Å². The molecular weight excluding hydrogens is 634 g/mol. The van der Waals surface area contributed by atoms with E-state index in [2.05, 4.69) is 48.5 Å². The second-order valence-electron chi connectivity index (χ2n) is 20.1. The number of hydrogen-bond acceptors (Lipinski definition) is 9. The van der Waals surface area contributed by atoms with E-state index in [0.29, 0.717) is 51.2 Å². The van der Waals surface area contributed by atoms with Gasteiger partial charge in [-0.2, -0.15) is 0 Å². The van der Waals surface area contributed by atoms with Crippen LogP contribution in [-0.4, -0.2) is 92.8 Å². The van der Waals surface area contributed by atoms with Crippen molar-refractivity contribution in [2.75, 3.05) is 13.2 Å². The average molecular weight is 708 g/mol. The minimum absolute atomic E-state index is 0.343. The van der Waals surface area contributed by atoms with Crippen molar-refractivity contribution in [3.63, 3.8) is 0 Å². The van der Waals surface area contributed by atoms with Gasteiger partial charge >= 0.3 is 0 Å². The quantitative estimate of drug-likeness (QED) is 0.170. The van der Waals surface area contributed by atoms with Crippen molar-refractivity contribution >= 4 is 0 Å². The summed E-state index contributed by atoms with van der Waals surface area (Å²) in [5, 5.41) is 62.0. The zero-order valence-corrected chi connectivity index (χ0v) is 32.3. The molecule has 0 aromatic carbocycles. The molecule has 6 fully saturated rings. The Morgan fingerprint density at radius 2 is 1.38 bits per heavy atom. The topological polar surface area (TPSA) is 166 Å². The Hall–Kier alpha value is -0.360. The summed E-state index contributed by atoms with van der Waals surface area (Å²) >= 11 is 0. The molecule has 1 aliphatic heterocycles. The van der Waals surface area contributed by atoms with E-state index in [1.54, 1.807) is 0 Å². The van der Waals surface area contributed by atoms with Gasteiger partial charge in [0.25, 0.3) is 0 Å². The fourth-order valence-electron chi connectivity index (χ4n) is 14.6. The van der Waals surface area contributed by atoms with Gasteiger partial charge in [0.15, 0.2) is 6.29 Å². The minimum atomic E-state index is -1.42. The fraction of sp³-hybridized carbons (Fsp3) is 1.00. The number of hydrogen-bond donors (Lipinski definition) is 7. The predicted octanol–water partition coefficient (Wildman–Crippen LogP) is 4.76. The maximum Gasteiger partial charge on any atom is 0.175 e. The van der Waals surface area contributed by atoms with Crippen LogP contribution in [-0.2, 0) is 9.47 Å². The van der Waals surface area contributed by atoms with Crippen LogP contribution < -0.4 is 5.73 Å². The molecule has 0 amide bonds. The highest BCUT2D eigenvalue weighted by Gasteiger charge is 2.70. The number of ether oxygens (including phenoxy) is 2. The van der Waals surface area contributed by atoms with Crippen molar-refractivity contribution < 1.29 is 40.1 Å². The van der Waals surface area contributed by atoms with E-state index >= 15 is 0 Å². The van der Waals surface area contributed by atoms with E-state index in [-0.39, 0.29) is 6.61 Å². The van der Waals surface area contributed by atoms with Crippen LogP contribution in [0.3, 0.4) is 0 Å². The van der Waals surface area contributed by atoms with Crippen LogP contribution in [0, 0.1) is 62.6 Å². The van der Waals surface area contributed by atoms with Crippen LogP contribution in [0.2, 0.25) is 0 Å². The molecule has 0 radical (unpaired) electrons. The van der Waals surface area contributed by atoms with Gasteiger partial charge in [-0.05, 0) is 140 Å². The van der Waals surface area contributed by atoms with Gasteiger partial charge in [-0.3, -0.25) is 0 Å². The van der Waals surface area contributed by atoms with Crippen LogP contribution in [0.1, 0.15) is 132 Å². The number of nitrogens with two attached hydrogens (primary N) is 1. The van der Waals surface area contributed by atoms with Crippen molar-refractivity contribution in [3.8, 4) is 0 Å². The molecule has 5 saturated carbocycles. The van der Waals surface area contributed by atoms with E-state index < -0.39 is 55.6 Å². The zero-order valence-electron chi connectivity index (χ0n) is 32.3. The molecule has 0 bridgehead atoms. The number of fused-ring (bicyclic) bond motifs is 7. The van der Waals surface area contributed by atoms with Gasteiger partial charge in [0.2, 0.25) is 0 Å². The highest BCUT2D eigenvalue weighted by Crippen LogP contribution is 2.78. The monoisotopic (exact) mass is 708 g/mol. The lowest BCUT2D eigenvalue weighted by molar-refractivity contribution is -0.273. The molecule has 18 atom stereocenters. The van der Waals surface area contributed by atoms with Crippen molar-refractivity contribution in [1.29, 1.82) is 0 Å². The molecule has 9 nitrogen and oxygen atoms in total. The maximum absolute atomic E-state index is 10.9. The van der Waals surface area contributed by atoms with Gasteiger partial charge < -0.3 is 45.8 Å². The molecule has 6 aliphatic rings. The molecule has 9 heteroatoms. The van der Waals surface area contributed by atoms with E-state index in [1.165, 1.54) is 70.6 Å². The normalized spacial score (nSPS) is 51.0. The third-order valence-corrected chi connectivity index (χ3v) is 17.6. The molecule has 1 heterocycles. The summed E-state index contributed by atoms with van der Waals surface area (Å²) in [5.74, 6) is 4.12. The van der Waals surface area contributed by atoms with Crippen LogP contribution in [0.4, 0.5) is 0 Å². The van der Waals surface area contributed by atoms with Crippen LogP contribution in [0.25, 0.3) is 0 Å². The molecule has 0 spiro atoms. The Morgan fingerprint density at radius 1 is 0.740 bits per heavy atom. The van der Waals surface area contributed by atoms with Gasteiger partial charge in [-0.25, -0.2) is 0 Å². The Balaban J connectivity index is 1.05. The first-order valence-corrected chi connectivity index (χ1v) is 20.4. The zero-order chi connectivity index (χ0) is 36.6. The van der Waals surface area contributed by atoms with Crippen molar-refractivity contribution in [2.45, 2.75) is 181 Å². The van der Waals surface area contributed by atoms with E-state index in [0.717, 1.165) is 24.2 Å². The maximum atomic E-state index is 10.9. The van der Waals surface area contributed by atoms with Gasteiger partial charge in [-0.1, -0.05) is 54.9 Å². The molecule has 1 unspecified atom stereocenters. The van der Waals surface area contributed by atoms with E-state index in [9.17, 15) is 30.6 Å². The second kappa shape index (κ2) is 14.1. The Morgan fingerprint density at radius 3 is 2.04 bits per heavy atom. The molecule has 5 aliphatic carbocycles. The van der Waals surface area contributed by atoms with Gasteiger partial charge in [-0.15, -0.1) is 0 Å². The molecule has 1 saturated heterocycles. The third-order valence-electron chi connectivity index (χ3n) is 17.6. The van der Waals surface area contributed by atoms with E-state index in [4.69, 9.17) is 15.2 Å². The van der Waals surface area contributed by atoms with Gasteiger partial charge in [0.05, 0.1) is 25.4 Å². The molecule has 0 aromatic heterocycles. The summed E-state index contributed by atoms with van der Waals surface area (Å²) in [6.07, 6.45) is 7.10. The second-order valence-corrected chi connectivity index (χ2v) is 20.1. The van der Waals surface area contributed by atoms with Crippen molar-refractivity contribution in [3.05, 3.63) is 0 Å². The first kappa shape index (κ1) is 39.3. The van der Waals surface area contributed by atoms with Crippen LogP contribution >= 0.6 is 0 Å². The number of rotatable bonds is 10. The first-order valence-electron chi connectivity index (χ1n) is 20.4. The smallest absolute Gasteiger partial charge is 0.175 e. The fourth-order valence-corrected chi connectivity index (χ4v) is 14.6. The molecule has 290 valence electrons. The van der Waals surface area contributed by atoms with Crippen LogP contribution in [0.5, 0.6) is 0 Å². The van der Waals surface area contributed by atoms with Crippen LogP contribution in [0.15, 0.2) is 0 Å². The van der Waals surface area contributed by atoms with Crippen molar-refractivity contribution in [1.82, 2.24) is 0 Å². The summed E-state index contributed by atoms with van der Waals surface area (Å²) < 4.78 is 11.0. The highest BCUT2D eigenvalue weighted by molar-refractivity contribution is 5.19. The number of aliphatic hydroxyl groups excluding tert-OH is 6. The average Bonchev–Trinajstić information content (AvgIpc) is 3.42. The highest BCUT2D eigenvalue weighted by atomic mass is 16.7. The van der Waals surface area contributed by atoms with Gasteiger partial charge in [0.1, 0.15) is 30.5 Å². The molecule has 50 heavy (non-hydrogen) atoms. The molecule has 0 aromatic rings. The number of aliphatic hydroxyl groups is 6. The Kier molecular flexibility index (Phi) is 11.1. The summed E-state index contributed by atoms with van der Waals surface area (Å²) in [7, 11) is 0. The predicted molar refractivity (Wildman–Crippen MR) is 193 cm³/mol. The standard InChI is InChI=1S/C41H73NO8/c1-23(9-10-26(44)33(46)27(45)22-49-36-32(42)35(48)34(47)28(21-43)50-36)24-13-18-38(4)25(24)14-19-40(6)30(38)11-12-31-39(5)17-8-16-37(2,3)29(39)15-20-41(31,40)7/h23-36,43-48H,8-22,42H2,1-7H3/t23?,24-,25+,26-,27+,28-,29+,30-,31-,32-,33-,34-,35-,36-,38+,39+,40-,41-/m1/s1. The summed E-state index contributed by atoms with van der Waals surface area (Å²) in [6, 6.07) is -1.10. The molecule has 6 rings (SSSR count). The lowest BCUT2D eigenvalue weighted by atomic mass is 9.32. The molecular formula is C41H73NO8. The lowest BCUT2D eigenvalue weighted by Gasteiger charge is -2.73. The first-order chi connectivity index (χ1) is 23.4. The third kappa shape index (κ3) is 6.17. The largest absolute Gasteiger partial charge is 0.394 e. The summed E-state index contributed by atoms with van der Waals surface area (Å²) in [6.45, 7) is 17.3. The lowest BCUT2D eigenvalue weighted by Crippen LogP contribution is -2.65. The van der Waals surface area contributed by atoms with Crippen molar-refractivity contribution in [2.24, 2.45) is 68.3 Å². The SMILES string of the molecule is CC(CC[C@@H](O)[C@@H](O)[C@@H](O)CO[C@@H]1O[C@H](CO)[C@@H](O)[C@H](O)[C@H]1N)[C@H]1CC[C@]2(C)[C@H]3CC[C@@H]4[C@@]5(C)CCCC(C)(C)[C@@H]5CC[C@@]4(C)[C@]3(C)CC[C@@H]12.